The number of rotatable bonds is 0. The minimum absolute atomic E-state index is 0.0671. The average Bonchev–Trinajstić information content (AvgIpc) is 2.06. The lowest BCUT2D eigenvalue weighted by molar-refractivity contribution is -0.0552. The Morgan fingerprint density at radius 3 is 2.58 bits per heavy atom. The molecule has 0 aromatic heterocycles. The molecule has 2 N–H and O–H groups in total. The van der Waals surface area contributed by atoms with Crippen molar-refractivity contribution in [2.24, 2.45) is 11.8 Å². The van der Waals surface area contributed by atoms with Crippen LogP contribution in [0.3, 0.4) is 0 Å². The van der Waals surface area contributed by atoms with Gasteiger partial charge in [-0.15, -0.1) is 0 Å². The summed E-state index contributed by atoms with van der Waals surface area (Å²) in [5.74, 6) is 0.0801. The summed E-state index contributed by atoms with van der Waals surface area (Å²) < 4.78 is 0. The smallest absolute Gasteiger partial charge is 0.0704 e. The molecule has 0 heterocycles. The van der Waals surface area contributed by atoms with E-state index >= 15 is 0 Å². The summed E-state index contributed by atoms with van der Waals surface area (Å²) in [6, 6.07) is 0. The van der Waals surface area contributed by atoms with Crippen LogP contribution in [0.25, 0.3) is 0 Å². The molecule has 0 aromatic rings. The van der Waals surface area contributed by atoms with Crippen molar-refractivity contribution >= 4 is 0 Å². The molecule has 2 heteroatoms. The summed E-state index contributed by atoms with van der Waals surface area (Å²) in [4.78, 5) is 0. The van der Waals surface area contributed by atoms with E-state index in [1.54, 1.807) is 6.92 Å². The zero-order chi connectivity index (χ0) is 9.35. The molecule has 0 saturated heterocycles. The second kappa shape index (κ2) is 3.19. The van der Waals surface area contributed by atoms with Crippen LogP contribution in [0, 0.1) is 11.8 Å². The Morgan fingerprint density at radius 2 is 2.00 bits per heavy atom. The van der Waals surface area contributed by atoms with Crippen LogP contribution in [-0.2, 0) is 0 Å². The molecular weight excluding hydrogens is 152 g/mol. The number of aliphatic hydroxyl groups excluding tert-OH is 1. The quantitative estimate of drug-likeness (QED) is 0.538. The third-order valence-electron chi connectivity index (χ3n) is 3.00. The molecular formula is C10H18O2. The highest BCUT2D eigenvalue weighted by Crippen LogP contribution is 2.31. The Hall–Kier alpha value is -0.340. The third kappa shape index (κ3) is 1.70. The van der Waals surface area contributed by atoms with E-state index in [2.05, 4.69) is 0 Å². The second-order valence-electron chi connectivity index (χ2n) is 4.13. The van der Waals surface area contributed by atoms with Gasteiger partial charge in [-0.3, -0.25) is 0 Å². The molecule has 4 atom stereocenters. The standard InChI is InChI=1S/C10H18O2/c1-7-5-4-6-10(3,12)8(2)9(7)11/h4-5,7-9,11-12H,6H2,1-3H3. The largest absolute Gasteiger partial charge is 0.392 e. The predicted octanol–water partition coefficient (Wildman–Crippen LogP) is 1.33. The van der Waals surface area contributed by atoms with Gasteiger partial charge in [0.2, 0.25) is 0 Å². The minimum Gasteiger partial charge on any atom is -0.392 e. The van der Waals surface area contributed by atoms with E-state index in [0.717, 1.165) is 0 Å². The normalized spacial score (nSPS) is 48.9. The second-order valence-corrected chi connectivity index (χ2v) is 4.13. The molecule has 12 heavy (non-hydrogen) atoms. The Labute approximate surface area is 73.9 Å². The van der Waals surface area contributed by atoms with E-state index in [1.165, 1.54) is 0 Å². The highest BCUT2D eigenvalue weighted by Gasteiger charge is 2.36. The molecule has 4 unspecified atom stereocenters. The Morgan fingerprint density at radius 1 is 1.42 bits per heavy atom. The van der Waals surface area contributed by atoms with Gasteiger partial charge < -0.3 is 10.2 Å². The van der Waals surface area contributed by atoms with Crippen LogP contribution in [0.15, 0.2) is 12.2 Å². The van der Waals surface area contributed by atoms with Gasteiger partial charge in [-0.1, -0.05) is 26.0 Å². The summed E-state index contributed by atoms with van der Waals surface area (Å²) in [6.45, 7) is 5.65. The molecule has 0 aliphatic heterocycles. The maximum Gasteiger partial charge on any atom is 0.0704 e. The maximum absolute atomic E-state index is 9.90. The summed E-state index contributed by atoms with van der Waals surface area (Å²) in [7, 11) is 0. The van der Waals surface area contributed by atoms with Gasteiger partial charge in [0.05, 0.1) is 11.7 Å². The van der Waals surface area contributed by atoms with Crippen LogP contribution in [0.5, 0.6) is 0 Å². The number of hydrogen-bond donors (Lipinski definition) is 2. The molecule has 0 amide bonds. The Bertz CT molecular complexity index is 184. The summed E-state index contributed by atoms with van der Waals surface area (Å²) in [5.41, 5.74) is -0.763. The fourth-order valence-corrected chi connectivity index (χ4v) is 1.64. The zero-order valence-corrected chi connectivity index (χ0v) is 7.99. The van der Waals surface area contributed by atoms with Crippen molar-refractivity contribution in [2.45, 2.75) is 38.9 Å². The van der Waals surface area contributed by atoms with Crippen molar-refractivity contribution in [3.05, 3.63) is 12.2 Å². The zero-order valence-electron chi connectivity index (χ0n) is 7.99. The van der Waals surface area contributed by atoms with Gasteiger partial charge in [0, 0.05) is 11.8 Å². The molecule has 0 spiro atoms. The van der Waals surface area contributed by atoms with Gasteiger partial charge in [-0.2, -0.15) is 0 Å². The van der Waals surface area contributed by atoms with Crippen molar-refractivity contribution in [2.75, 3.05) is 0 Å². The van der Waals surface area contributed by atoms with Gasteiger partial charge in [-0.25, -0.2) is 0 Å². The van der Waals surface area contributed by atoms with E-state index in [0.29, 0.717) is 6.42 Å². The fraction of sp³-hybridized carbons (Fsp3) is 0.800. The van der Waals surface area contributed by atoms with Crippen molar-refractivity contribution < 1.29 is 10.2 Å². The van der Waals surface area contributed by atoms with E-state index in [-0.39, 0.29) is 11.8 Å². The highest BCUT2D eigenvalue weighted by atomic mass is 16.3. The van der Waals surface area contributed by atoms with Crippen LogP contribution in [0.4, 0.5) is 0 Å². The third-order valence-corrected chi connectivity index (χ3v) is 3.00. The number of hydrogen-bond acceptors (Lipinski definition) is 2. The van der Waals surface area contributed by atoms with Crippen molar-refractivity contribution in [3.63, 3.8) is 0 Å². The molecule has 1 aliphatic rings. The first-order chi connectivity index (χ1) is 5.45. The molecule has 0 fully saturated rings. The van der Waals surface area contributed by atoms with E-state index in [9.17, 15) is 10.2 Å². The molecule has 0 saturated carbocycles. The van der Waals surface area contributed by atoms with Gasteiger partial charge in [0.1, 0.15) is 0 Å². The molecule has 70 valence electrons. The maximum atomic E-state index is 9.90. The Kier molecular flexibility index (Phi) is 2.59. The molecule has 0 bridgehead atoms. The van der Waals surface area contributed by atoms with Crippen molar-refractivity contribution in [3.8, 4) is 0 Å². The predicted molar refractivity (Wildman–Crippen MR) is 48.7 cm³/mol. The van der Waals surface area contributed by atoms with Crippen molar-refractivity contribution in [1.82, 2.24) is 0 Å². The SMILES string of the molecule is CC1C=CCC(C)(O)C(C)C1O. The molecule has 1 rings (SSSR count). The fourth-order valence-electron chi connectivity index (χ4n) is 1.64. The van der Waals surface area contributed by atoms with Crippen LogP contribution >= 0.6 is 0 Å². The summed E-state index contributed by atoms with van der Waals surface area (Å²) >= 11 is 0. The average molecular weight is 170 g/mol. The van der Waals surface area contributed by atoms with Crippen LogP contribution in [0.1, 0.15) is 27.2 Å². The minimum atomic E-state index is -0.763. The summed E-state index contributed by atoms with van der Waals surface area (Å²) in [5, 5.41) is 19.7. The summed E-state index contributed by atoms with van der Waals surface area (Å²) in [6.07, 6.45) is 4.13. The first kappa shape index (κ1) is 9.75. The monoisotopic (exact) mass is 170 g/mol. The van der Waals surface area contributed by atoms with Gasteiger partial charge >= 0.3 is 0 Å². The topological polar surface area (TPSA) is 40.5 Å². The van der Waals surface area contributed by atoms with Gasteiger partial charge in [0.15, 0.2) is 0 Å². The molecule has 2 nitrogen and oxygen atoms in total. The van der Waals surface area contributed by atoms with E-state index < -0.39 is 11.7 Å². The lowest BCUT2D eigenvalue weighted by atomic mass is 9.82. The first-order valence-electron chi connectivity index (χ1n) is 4.52. The first-order valence-corrected chi connectivity index (χ1v) is 4.52. The molecule has 1 aliphatic carbocycles. The molecule has 0 aromatic carbocycles. The van der Waals surface area contributed by atoms with E-state index in [1.807, 2.05) is 26.0 Å². The van der Waals surface area contributed by atoms with E-state index in [4.69, 9.17) is 0 Å². The van der Waals surface area contributed by atoms with Crippen LogP contribution < -0.4 is 0 Å². The number of aliphatic hydroxyl groups is 2. The van der Waals surface area contributed by atoms with Crippen LogP contribution in [-0.4, -0.2) is 21.9 Å². The van der Waals surface area contributed by atoms with Crippen molar-refractivity contribution in [1.29, 1.82) is 0 Å². The Balaban J connectivity index is 2.83. The van der Waals surface area contributed by atoms with Gasteiger partial charge in [0.25, 0.3) is 0 Å². The molecule has 0 radical (unpaired) electrons. The lowest BCUT2D eigenvalue weighted by Crippen LogP contribution is -2.40. The highest BCUT2D eigenvalue weighted by molar-refractivity contribution is 5.02. The van der Waals surface area contributed by atoms with Gasteiger partial charge in [-0.05, 0) is 13.3 Å². The van der Waals surface area contributed by atoms with Crippen LogP contribution in [0.2, 0.25) is 0 Å². The lowest BCUT2D eigenvalue weighted by Gasteiger charge is -2.32.